The first-order valence-corrected chi connectivity index (χ1v) is 5.83. The van der Waals surface area contributed by atoms with E-state index in [2.05, 4.69) is 11.9 Å². The fourth-order valence-corrected chi connectivity index (χ4v) is 1.68. The number of carbonyl (C=O) groups is 1. The Balaban J connectivity index is 2.12. The van der Waals surface area contributed by atoms with E-state index in [4.69, 9.17) is 0 Å². The number of hydrogen-bond donors (Lipinski definition) is 0. The molecule has 0 fully saturated rings. The van der Waals surface area contributed by atoms with Crippen LogP contribution >= 0.6 is 0 Å². The maximum Gasteiger partial charge on any atom is 0.168 e. The lowest BCUT2D eigenvalue weighted by atomic mass is 10.1. The lowest BCUT2D eigenvalue weighted by molar-refractivity contribution is 0.111. The summed E-state index contributed by atoms with van der Waals surface area (Å²) in [5.74, 6) is 0. The molecular weight excluding hydrogens is 188 g/mol. The van der Waals surface area contributed by atoms with Crippen molar-refractivity contribution < 1.29 is 4.79 Å². The maximum atomic E-state index is 10.6. The van der Waals surface area contributed by atoms with Crippen molar-refractivity contribution in [2.45, 2.75) is 52.0 Å². The van der Waals surface area contributed by atoms with E-state index in [1.54, 1.807) is 12.5 Å². The summed E-state index contributed by atoms with van der Waals surface area (Å²) in [7, 11) is 0. The number of carbonyl (C=O) groups excluding carboxylic acids is 1. The molecule has 0 aliphatic heterocycles. The Hall–Kier alpha value is -1.12. The molecular formula is C12H20N2O. The number of aromatic nitrogens is 2. The Labute approximate surface area is 91.5 Å². The molecule has 0 saturated heterocycles. The van der Waals surface area contributed by atoms with Gasteiger partial charge in [0.25, 0.3) is 0 Å². The van der Waals surface area contributed by atoms with Crippen molar-refractivity contribution in [3.8, 4) is 0 Å². The van der Waals surface area contributed by atoms with E-state index in [9.17, 15) is 4.79 Å². The topological polar surface area (TPSA) is 34.9 Å². The lowest BCUT2D eigenvalue weighted by Gasteiger charge is -2.03. The first-order chi connectivity index (χ1) is 7.38. The predicted octanol–water partition coefficient (Wildman–Crippen LogP) is 3.06. The molecule has 0 atom stereocenters. The van der Waals surface area contributed by atoms with Crippen LogP contribution in [0.25, 0.3) is 0 Å². The van der Waals surface area contributed by atoms with Gasteiger partial charge in [0.15, 0.2) is 6.29 Å². The van der Waals surface area contributed by atoms with Gasteiger partial charge in [-0.05, 0) is 6.42 Å². The molecule has 1 heterocycles. The number of nitrogens with zero attached hydrogens (tertiary/aromatic N) is 2. The molecule has 1 rings (SSSR count). The molecule has 84 valence electrons. The molecule has 15 heavy (non-hydrogen) atoms. The molecule has 3 heteroatoms. The van der Waals surface area contributed by atoms with E-state index in [1.165, 1.54) is 32.1 Å². The van der Waals surface area contributed by atoms with E-state index in [0.717, 1.165) is 19.3 Å². The van der Waals surface area contributed by atoms with Crippen molar-refractivity contribution in [1.29, 1.82) is 0 Å². The van der Waals surface area contributed by atoms with Crippen LogP contribution in [-0.4, -0.2) is 15.8 Å². The van der Waals surface area contributed by atoms with Crippen LogP contribution < -0.4 is 0 Å². The zero-order valence-electron chi connectivity index (χ0n) is 9.48. The van der Waals surface area contributed by atoms with Crippen LogP contribution in [0.3, 0.4) is 0 Å². The molecule has 0 N–H and O–H groups in total. The molecule has 0 bridgehead atoms. The van der Waals surface area contributed by atoms with Gasteiger partial charge in [-0.25, -0.2) is 4.98 Å². The highest BCUT2D eigenvalue weighted by atomic mass is 16.1. The van der Waals surface area contributed by atoms with E-state index in [0.29, 0.717) is 5.69 Å². The van der Waals surface area contributed by atoms with E-state index < -0.39 is 0 Å². The molecule has 0 aliphatic rings. The largest absolute Gasteiger partial charge is 0.328 e. The maximum absolute atomic E-state index is 10.6. The number of aldehydes is 1. The number of hydrogen-bond acceptors (Lipinski definition) is 2. The average Bonchev–Trinajstić information content (AvgIpc) is 2.70. The third-order valence-corrected chi connectivity index (χ3v) is 2.62. The van der Waals surface area contributed by atoms with Gasteiger partial charge in [-0.2, -0.15) is 0 Å². The van der Waals surface area contributed by atoms with Crippen LogP contribution in [0.4, 0.5) is 0 Å². The summed E-state index contributed by atoms with van der Waals surface area (Å²) in [5, 5.41) is 0. The molecule has 1 aromatic heterocycles. The smallest absolute Gasteiger partial charge is 0.168 e. The Morgan fingerprint density at radius 2 is 2.00 bits per heavy atom. The minimum Gasteiger partial charge on any atom is -0.328 e. The predicted molar refractivity (Wildman–Crippen MR) is 61.0 cm³/mol. The average molecular weight is 208 g/mol. The summed E-state index contributed by atoms with van der Waals surface area (Å²) in [6.45, 7) is 3.14. The standard InChI is InChI=1S/C12H20N2O/c1-2-3-4-5-6-7-8-14-11-13-9-12(14)10-15/h9-11H,2-8H2,1H3. The zero-order valence-corrected chi connectivity index (χ0v) is 9.48. The second-order valence-corrected chi connectivity index (χ2v) is 3.90. The van der Waals surface area contributed by atoms with Crippen molar-refractivity contribution in [3.63, 3.8) is 0 Å². The number of imidazole rings is 1. The van der Waals surface area contributed by atoms with Gasteiger partial charge in [0.05, 0.1) is 12.5 Å². The third kappa shape index (κ3) is 4.28. The normalized spacial score (nSPS) is 10.5. The van der Waals surface area contributed by atoms with Gasteiger partial charge in [0.1, 0.15) is 5.69 Å². The van der Waals surface area contributed by atoms with Gasteiger partial charge in [0.2, 0.25) is 0 Å². The summed E-state index contributed by atoms with van der Waals surface area (Å²) in [4.78, 5) is 14.6. The fourth-order valence-electron chi connectivity index (χ4n) is 1.68. The van der Waals surface area contributed by atoms with Gasteiger partial charge < -0.3 is 4.57 Å². The monoisotopic (exact) mass is 208 g/mol. The SMILES string of the molecule is CCCCCCCCn1cncc1C=O. The minimum atomic E-state index is 0.684. The van der Waals surface area contributed by atoms with Crippen molar-refractivity contribution in [2.75, 3.05) is 0 Å². The van der Waals surface area contributed by atoms with Gasteiger partial charge in [-0.15, -0.1) is 0 Å². The first-order valence-electron chi connectivity index (χ1n) is 5.83. The van der Waals surface area contributed by atoms with Gasteiger partial charge >= 0.3 is 0 Å². The Morgan fingerprint density at radius 1 is 1.27 bits per heavy atom. The molecule has 0 spiro atoms. The van der Waals surface area contributed by atoms with E-state index in [1.807, 2.05) is 4.57 Å². The van der Waals surface area contributed by atoms with Crippen LogP contribution in [0.1, 0.15) is 55.9 Å². The second kappa shape index (κ2) is 7.21. The molecule has 0 radical (unpaired) electrons. The molecule has 0 amide bonds. The number of aryl methyl sites for hydroxylation is 1. The summed E-state index contributed by atoms with van der Waals surface area (Å²) in [6.07, 6.45) is 11.9. The van der Waals surface area contributed by atoms with Gasteiger partial charge in [0, 0.05) is 6.54 Å². The highest BCUT2D eigenvalue weighted by Crippen LogP contribution is 2.07. The van der Waals surface area contributed by atoms with Crippen molar-refractivity contribution >= 4 is 6.29 Å². The van der Waals surface area contributed by atoms with Crippen LogP contribution in [0.5, 0.6) is 0 Å². The first kappa shape index (κ1) is 12.0. The van der Waals surface area contributed by atoms with Crippen LogP contribution in [0, 0.1) is 0 Å². The Bertz CT molecular complexity index is 281. The van der Waals surface area contributed by atoms with E-state index >= 15 is 0 Å². The summed E-state index contributed by atoms with van der Waals surface area (Å²) >= 11 is 0. The Morgan fingerprint density at radius 3 is 2.73 bits per heavy atom. The fraction of sp³-hybridized carbons (Fsp3) is 0.667. The molecule has 0 saturated carbocycles. The zero-order chi connectivity index (χ0) is 10.9. The van der Waals surface area contributed by atoms with Gasteiger partial charge in [-0.1, -0.05) is 39.0 Å². The van der Waals surface area contributed by atoms with Gasteiger partial charge in [-0.3, -0.25) is 4.79 Å². The lowest BCUT2D eigenvalue weighted by Crippen LogP contribution is -2.00. The minimum absolute atomic E-state index is 0.684. The number of unbranched alkanes of at least 4 members (excludes halogenated alkanes) is 5. The molecule has 0 aliphatic carbocycles. The molecule has 1 aromatic rings. The van der Waals surface area contributed by atoms with Crippen LogP contribution in [0.2, 0.25) is 0 Å². The quantitative estimate of drug-likeness (QED) is 0.486. The summed E-state index contributed by atoms with van der Waals surface area (Å²) < 4.78 is 1.92. The third-order valence-electron chi connectivity index (χ3n) is 2.62. The molecule has 0 aromatic carbocycles. The second-order valence-electron chi connectivity index (χ2n) is 3.90. The highest BCUT2D eigenvalue weighted by Gasteiger charge is 1.99. The van der Waals surface area contributed by atoms with Crippen molar-refractivity contribution in [1.82, 2.24) is 9.55 Å². The van der Waals surface area contributed by atoms with Crippen LogP contribution in [0.15, 0.2) is 12.5 Å². The molecule has 0 unspecified atom stereocenters. The van der Waals surface area contributed by atoms with Crippen LogP contribution in [-0.2, 0) is 6.54 Å². The summed E-state index contributed by atoms with van der Waals surface area (Å²) in [5.41, 5.74) is 0.684. The Kier molecular flexibility index (Phi) is 5.74. The highest BCUT2D eigenvalue weighted by molar-refractivity contribution is 5.71. The van der Waals surface area contributed by atoms with E-state index in [-0.39, 0.29) is 0 Å². The summed E-state index contributed by atoms with van der Waals surface area (Å²) in [6, 6.07) is 0. The van der Waals surface area contributed by atoms with Crippen molar-refractivity contribution in [2.24, 2.45) is 0 Å². The van der Waals surface area contributed by atoms with Crippen molar-refractivity contribution in [3.05, 3.63) is 18.2 Å². The molecule has 3 nitrogen and oxygen atoms in total. The number of rotatable bonds is 8.